The fourth-order valence-electron chi connectivity index (χ4n) is 4.76. The van der Waals surface area contributed by atoms with Crippen LogP contribution < -0.4 is 5.30 Å². The maximum Gasteiger partial charge on any atom is 0.241 e. The van der Waals surface area contributed by atoms with Crippen LogP contribution in [-0.2, 0) is 0 Å². The minimum Gasteiger partial charge on any atom is -0.416 e. The van der Waals surface area contributed by atoms with E-state index in [1.807, 2.05) is 0 Å². The lowest BCUT2D eigenvalue weighted by Crippen LogP contribution is -1.97. The lowest BCUT2D eigenvalue weighted by Gasteiger charge is -2.16. The summed E-state index contributed by atoms with van der Waals surface area (Å²) in [5.74, 6) is 0.733. The molecule has 4 aromatic rings. The highest BCUT2D eigenvalue weighted by Crippen LogP contribution is 2.52. The number of aryl methyl sites for hydroxylation is 6. The topological polar surface area (TPSA) is 26.3 Å². The van der Waals surface area contributed by atoms with E-state index in [1.54, 1.807) is 0 Å². The molecule has 1 aromatic heterocycles. The Morgan fingerprint density at radius 3 is 1.53 bits per heavy atom. The molecular formula is C30H38O2P2. The molecular weight excluding hydrogens is 454 g/mol. The molecule has 4 rings (SSSR count). The molecule has 4 heteroatoms. The van der Waals surface area contributed by atoms with Crippen molar-refractivity contribution in [1.82, 2.24) is 0 Å². The van der Waals surface area contributed by atoms with Crippen molar-refractivity contribution in [3.05, 3.63) is 74.8 Å². The normalized spacial score (nSPS) is 12.2. The first kappa shape index (κ1) is 25.1. The van der Waals surface area contributed by atoms with Crippen LogP contribution in [0.15, 0.2) is 38.7 Å². The van der Waals surface area contributed by atoms with Gasteiger partial charge in [-0.3, -0.25) is 0 Å². The van der Waals surface area contributed by atoms with Crippen molar-refractivity contribution in [2.75, 3.05) is 0 Å². The number of hydrogen-bond donors (Lipinski definition) is 0. The van der Waals surface area contributed by atoms with Crippen LogP contribution in [0.2, 0.25) is 0 Å². The summed E-state index contributed by atoms with van der Waals surface area (Å²) in [6.45, 7) is 22.3. The lowest BCUT2D eigenvalue weighted by molar-refractivity contribution is 0.645. The molecule has 34 heavy (non-hydrogen) atoms. The van der Waals surface area contributed by atoms with E-state index in [1.165, 1.54) is 60.6 Å². The first-order valence-electron chi connectivity index (χ1n) is 12.3. The smallest absolute Gasteiger partial charge is 0.241 e. The zero-order valence-electron chi connectivity index (χ0n) is 22.3. The number of benzene rings is 3. The predicted molar refractivity (Wildman–Crippen MR) is 153 cm³/mol. The third-order valence-corrected chi connectivity index (χ3v) is 10.6. The molecule has 180 valence electrons. The molecule has 0 bridgehead atoms. The van der Waals surface area contributed by atoms with Gasteiger partial charge in [0.05, 0.1) is 0 Å². The summed E-state index contributed by atoms with van der Waals surface area (Å²) in [5, 5.41) is 3.79. The van der Waals surface area contributed by atoms with Crippen LogP contribution >= 0.6 is 16.0 Å². The van der Waals surface area contributed by atoms with Crippen molar-refractivity contribution in [1.29, 1.82) is 0 Å². The summed E-state index contributed by atoms with van der Waals surface area (Å²) in [6, 6.07) is 11.4. The van der Waals surface area contributed by atoms with E-state index in [9.17, 15) is 0 Å². The van der Waals surface area contributed by atoms with Crippen molar-refractivity contribution in [3.63, 3.8) is 0 Å². The summed E-state index contributed by atoms with van der Waals surface area (Å²) < 4.78 is 13.9. The standard InChI is InChI=1S/C30H38O2P2/c1-16(2)24-14-19(6)22(9)27-28-23(10)20(7)15-25(17(3)4)30(28)32-34(31-29(24)27)33-26-12-11-18(5)13-21(26)8/h11-17,33H,1-10H3. The minimum absolute atomic E-state index is 0.366. The fraction of sp³-hybridized carbons (Fsp3) is 0.400. The molecule has 3 aromatic carbocycles. The summed E-state index contributed by atoms with van der Waals surface area (Å²) in [4.78, 5) is 0. The molecule has 0 saturated carbocycles. The summed E-state index contributed by atoms with van der Waals surface area (Å²) in [5.41, 5.74) is 12.4. The van der Waals surface area contributed by atoms with Crippen molar-refractivity contribution in [2.45, 2.75) is 81.1 Å². The van der Waals surface area contributed by atoms with Crippen molar-refractivity contribution >= 4 is 43.2 Å². The van der Waals surface area contributed by atoms with Crippen LogP contribution in [0.25, 0.3) is 21.9 Å². The van der Waals surface area contributed by atoms with Crippen LogP contribution in [0, 0.1) is 41.5 Å². The van der Waals surface area contributed by atoms with Crippen molar-refractivity contribution in [2.24, 2.45) is 0 Å². The largest absolute Gasteiger partial charge is 0.416 e. The second-order valence-electron chi connectivity index (χ2n) is 10.4. The molecule has 0 aliphatic heterocycles. The van der Waals surface area contributed by atoms with E-state index in [0.29, 0.717) is 20.1 Å². The van der Waals surface area contributed by atoms with Gasteiger partial charge in [0.1, 0.15) is 11.2 Å². The number of rotatable bonds is 4. The Labute approximate surface area is 207 Å². The van der Waals surface area contributed by atoms with E-state index in [4.69, 9.17) is 8.39 Å². The Bertz CT molecular complexity index is 1360. The molecule has 0 N–H and O–H groups in total. The predicted octanol–water partition coefficient (Wildman–Crippen LogP) is 10.2. The van der Waals surface area contributed by atoms with Crippen molar-refractivity contribution < 1.29 is 8.39 Å². The third kappa shape index (κ3) is 4.48. The SMILES string of the molecule is Cc1ccc(Pp2oc3c(C(C)C)cc(C)c(C)c3c3c(C)c(C)cc(C(C)C)c3o2)c(C)c1. The van der Waals surface area contributed by atoms with Crippen molar-refractivity contribution in [3.8, 4) is 0 Å². The zero-order valence-corrected chi connectivity index (χ0v) is 24.2. The quantitative estimate of drug-likeness (QED) is 0.265. The Morgan fingerprint density at radius 1 is 0.647 bits per heavy atom. The molecule has 0 amide bonds. The molecule has 0 aliphatic rings. The maximum atomic E-state index is 6.94. The Balaban J connectivity index is 2.24. The minimum atomic E-state index is -1.17. The second-order valence-corrected chi connectivity index (χ2v) is 13.8. The second kappa shape index (κ2) is 9.56. The average molecular weight is 493 g/mol. The van der Waals surface area contributed by atoms with Gasteiger partial charge in [-0.15, -0.1) is 0 Å². The van der Waals surface area contributed by atoms with E-state index >= 15 is 0 Å². The van der Waals surface area contributed by atoms with E-state index in [0.717, 1.165) is 11.2 Å². The van der Waals surface area contributed by atoms with Gasteiger partial charge in [0.25, 0.3) is 0 Å². The van der Waals surface area contributed by atoms with Gasteiger partial charge < -0.3 is 8.39 Å². The number of hydrogen-bond acceptors (Lipinski definition) is 2. The van der Waals surface area contributed by atoms with E-state index in [2.05, 4.69) is 99.6 Å². The fourth-order valence-corrected chi connectivity index (χ4v) is 8.38. The average Bonchev–Trinajstić information content (AvgIpc) is 2.92. The van der Waals surface area contributed by atoms with E-state index < -0.39 is 7.70 Å². The molecule has 1 atom stereocenters. The first-order valence-corrected chi connectivity index (χ1v) is 15.3. The van der Waals surface area contributed by atoms with Gasteiger partial charge >= 0.3 is 0 Å². The van der Waals surface area contributed by atoms with Crippen LogP contribution in [0.5, 0.6) is 0 Å². The van der Waals surface area contributed by atoms with Gasteiger partial charge in [-0.2, -0.15) is 0 Å². The third-order valence-electron chi connectivity index (χ3n) is 7.09. The van der Waals surface area contributed by atoms with Gasteiger partial charge in [-0.25, -0.2) is 0 Å². The molecule has 1 unspecified atom stereocenters. The van der Waals surface area contributed by atoms with Gasteiger partial charge in [0, 0.05) is 19.0 Å². The molecule has 0 saturated heterocycles. The summed E-state index contributed by atoms with van der Waals surface area (Å²) in [6.07, 6.45) is 0. The Morgan fingerprint density at radius 2 is 1.12 bits per heavy atom. The highest BCUT2D eigenvalue weighted by molar-refractivity contribution is 8.15. The molecule has 0 radical (unpaired) electrons. The number of fused-ring (bicyclic) bond motifs is 3. The highest BCUT2D eigenvalue weighted by atomic mass is 32.0. The lowest BCUT2D eigenvalue weighted by atomic mass is 9.89. The zero-order chi connectivity index (χ0) is 24.9. The monoisotopic (exact) mass is 492 g/mol. The Hall–Kier alpha value is -2.01. The van der Waals surface area contributed by atoms with Crippen LogP contribution in [-0.4, -0.2) is 0 Å². The van der Waals surface area contributed by atoms with Gasteiger partial charge in [-0.05, 0) is 97.6 Å². The van der Waals surface area contributed by atoms with Gasteiger partial charge in [0.2, 0.25) is 7.70 Å². The first-order chi connectivity index (χ1) is 16.0. The van der Waals surface area contributed by atoms with Gasteiger partial charge in [-0.1, -0.05) is 63.6 Å². The molecule has 0 fully saturated rings. The summed E-state index contributed by atoms with van der Waals surface area (Å²) in [7, 11) is -0.715. The highest BCUT2D eigenvalue weighted by Gasteiger charge is 2.21. The maximum absolute atomic E-state index is 6.94. The van der Waals surface area contributed by atoms with E-state index in [-0.39, 0.29) is 0 Å². The molecule has 2 nitrogen and oxygen atoms in total. The Kier molecular flexibility index (Phi) is 7.06. The van der Waals surface area contributed by atoms with Gasteiger partial charge in [0.15, 0.2) is 0 Å². The van der Waals surface area contributed by atoms with Crippen LogP contribution in [0.4, 0.5) is 0 Å². The summed E-state index contributed by atoms with van der Waals surface area (Å²) >= 11 is 0. The molecule has 0 aliphatic carbocycles. The van der Waals surface area contributed by atoms with Crippen LogP contribution in [0.3, 0.4) is 0 Å². The van der Waals surface area contributed by atoms with Crippen LogP contribution in [0.1, 0.15) is 84.0 Å². The molecule has 1 heterocycles. The molecule has 0 spiro atoms.